The maximum atomic E-state index is 12.7. The van der Waals surface area contributed by atoms with E-state index in [1.807, 2.05) is 17.9 Å². The summed E-state index contributed by atoms with van der Waals surface area (Å²) in [6.45, 7) is 5.08. The van der Waals surface area contributed by atoms with Gasteiger partial charge in [0.2, 0.25) is 0 Å². The van der Waals surface area contributed by atoms with Crippen LogP contribution in [-0.2, 0) is 0 Å². The Bertz CT molecular complexity index is 549. The van der Waals surface area contributed by atoms with Crippen LogP contribution in [0.25, 0.3) is 0 Å². The number of aryl methyl sites for hydroxylation is 1. The van der Waals surface area contributed by atoms with Crippen molar-refractivity contribution in [3.05, 3.63) is 21.4 Å². The number of hydrogen-bond acceptors (Lipinski definition) is 3. The van der Waals surface area contributed by atoms with E-state index in [-0.39, 0.29) is 12.5 Å². The molecule has 1 aromatic heterocycles. The number of rotatable bonds is 6. The molecule has 1 N–H and O–H groups in total. The zero-order chi connectivity index (χ0) is 15.2. The van der Waals surface area contributed by atoms with Crippen LogP contribution in [0.2, 0.25) is 0 Å². The van der Waals surface area contributed by atoms with Crippen molar-refractivity contribution in [2.24, 2.45) is 0 Å². The molecule has 0 aromatic carbocycles. The van der Waals surface area contributed by atoms with E-state index in [0.717, 1.165) is 47.5 Å². The molecule has 114 valence electrons. The summed E-state index contributed by atoms with van der Waals surface area (Å²) in [5, 5.41) is 8.77. The zero-order valence-electron chi connectivity index (χ0n) is 12.8. The van der Waals surface area contributed by atoms with E-state index in [4.69, 9.17) is 5.11 Å². The number of carbonyl (C=O) groups excluding carboxylic acids is 1. The van der Waals surface area contributed by atoms with Gasteiger partial charge in [-0.05, 0) is 37.8 Å². The van der Waals surface area contributed by atoms with Gasteiger partial charge in [0, 0.05) is 19.0 Å². The largest absolute Gasteiger partial charge is 0.395 e. The van der Waals surface area contributed by atoms with E-state index < -0.39 is 0 Å². The fraction of sp³-hybridized carbons (Fsp3) is 0.588. The average molecular weight is 305 g/mol. The van der Waals surface area contributed by atoms with Crippen molar-refractivity contribution in [2.75, 3.05) is 13.2 Å². The van der Waals surface area contributed by atoms with Gasteiger partial charge < -0.3 is 10.0 Å². The lowest BCUT2D eigenvalue weighted by Gasteiger charge is -2.21. The lowest BCUT2D eigenvalue weighted by atomic mass is 10.2. The number of amides is 1. The second-order valence-electron chi connectivity index (χ2n) is 5.48. The summed E-state index contributed by atoms with van der Waals surface area (Å²) in [7, 11) is 0. The van der Waals surface area contributed by atoms with E-state index in [1.54, 1.807) is 0 Å². The quantitative estimate of drug-likeness (QED) is 0.820. The van der Waals surface area contributed by atoms with Gasteiger partial charge >= 0.3 is 0 Å². The molecule has 1 fully saturated rings. The Morgan fingerprint density at radius 3 is 2.90 bits per heavy atom. The second kappa shape index (κ2) is 7.63. The zero-order valence-corrected chi connectivity index (χ0v) is 13.6. The number of thiophene rings is 1. The molecule has 1 aliphatic carbocycles. The highest BCUT2D eigenvalue weighted by molar-refractivity contribution is 7.14. The molecular formula is C17H23NO2S. The normalized spacial score (nSPS) is 13.7. The summed E-state index contributed by atoms with van der Waals surface area (Å²) in [5.74, 6) is 6.14. The van der Waals surface area contributed by atoms with E-state index in [2.05, 4.69) is 18.8 Å². The van der Waals surface area contributed by atoms with Crippen molar-refractivity contribution in [3.63, 3.8) is 0 Å². The molecule has 3 nitrogen and oxygen atoms in total. The molecule has 1 saturated carbocycles. The summed E-state index contributed by atoms with van der Waals surface area (Å²) in [5.41, 5.74) is 1.06. The van der Waals surface area contributed by atoms with Gasteiger partial charge in [-0.1, -0.05) is 25.2 Å². The van der Waals surface area contributed by atoms with E-state index in [0.29, 0.717) is 12.5 Å². The minimum Gasteiger partial charge on any atom is -0.395 e. The molecule has 0 unspecified atom stereocenters. The van der Waals surface area contributed by atoms with Crippen LogP contribution in [-0.4, -0.2) is 35.1 Å². The lowest BCUT2D eigenvalue weighted by Crippen LogP contribution is -2.33. The molecule has 0 spiro atoms. The van der Waals surface area contributed by atoms with Gasteiger partial charge in [-0.2, -0.15) is 0 Å². The molecule has 0 atom stereocenters. The Hall–Kier alpha value is -1.31. The standard InChI is InChI=1S/C17H23NO2S/c1-3-4-10-18(14-8-9-14)17(20)16-12-13(2)15(21-16)7-5-6-11-19/h12,14,19H,3-4,6,8-11H2,1-2H3. The SMILES string of the molecule is CCCCN(C(=O)c1cc(C)c(C#CCCO)s1)C1CC1. The number of unbranched alkanes of at least 4 members (excludes halogenated alkanes) is 1. The lowest BCUT2D eigenvalue weighted by molar-refractivity contribution is 0.0745. The summed E-state index contributed by atoms with van der Waals surface area (Å²) in [4.78, 5) is 16.5. The van der Waals surface area contributed by atoms with Crippen LogP contribution in [0.4, 0.5) is 0 Å². The highest BCUT2D eigenvalue weighted by atomic mass is 32.1. The predicted molar refractivity (Wildman–Crippen MR) is 86.6 cm³/mol. The van der Waals surface area contributed by atoms with Gasteiger partial charge in [-0.3, -0.25) is 4.79 Å². The van der Waals surface area contributed by atoms with Crippen LogP contribution < -0.4 is 0 Å². The van der Waals surface area contributed by atoms with Gasteiger partial charge in [0.05, 0.1) is 16.4 Å². The molecule has 0 radical (unpaired) electrons. The highest BCUT2D eigenvalue weighted by Gasteiger charge is 2.33. The summed E-state index contributed by atoms with van der Waals surface area (Å²) >= 11 is 1.48. The predicted octanol–water partition coefficient (Wildman–Crippen LogP) is 3.20. The first-order valence-electron chi connectivity index (χ1n) is 7.68. The van der Waals surface area contributed by atoms with Crippen LogP contribution in [0.15, 0.2) is 6.07 Å². The second-order valence-corrected chi connectivity index (χ2v) is 6.53. The van der Waals surface area contributed by atoms with Gasteiger partial charge in [0.25, 0.3) is 5.91 Å². The smallest absolute Gasteiger partial charge is 0.264 e. The number of aliphatic hydroxyl groups is 1. The van der Waals surface area contributed by atoms with Crippen LogP contribution in [0, 0.1) is 18.8 Å². The Morgan fingerprint density at radius 1 is 1.52 bits per heavy atom. The minimum atomic E-state index is 0.0791. The van der Waals surface area contributed by atoms with E-state index >= 15 is 0 Å². The third-order valence-electron chi connectivity index (χ3n) is 3.57. The van der Waals surface area contributed by atoms with Crippen molar-refractivity contribution in [3.8, 4) is 11.8 Å². The first-order valence-corrected chi connectivity index (χ1v) is 8.50. The van der Waals surface area contributed by atoms with E-state index in [1.165, 1.54) is 11.3 Å². The molecule has 1 aromatic rings. The highest BCUT2D eigenvalue weighted by Crippen LogP contribution is 2.31. The van der Waals surface area contributed by atoms with Gasteiger partial charge in [0.15, 0.2) is 0 Å². The summed E-state index contributed by atoms with van der Waals surface area (Å²) in [6.07, 6.45) is 4.94. The molecule has 1 heterocycles. The topological polar surface area (TPSA) is 40.5 Å². The third kappa shape index (κ3) is 4.33. The molecule has 1 amide bonds. The Morgan fingerprint density at radius 2 is 2.29 bits per heavy atom. The third-order valence-corrected chi connectivity index (χ3v) is 4.71. The van der Waals surface area contributed by atoms with E-state index in [9.17, 15) is 4.79 Å². The van der Waals surface area contributed by atoms with Crippen molar-refractivity contribution >= 4 is 17.2 Å². The van der Waals surface area contributed by atoms with Crippen LogP contribution in [0.3, 0.4) is 0 Å². The van der Waals surface area contributed by atoms with Crippen LogP contribution >= 0.6 is 11.3 Å². The number of hydrogen-bond donors (Lipinski definition) is 1. The fourth-order valence-corrected chi connectivity index (χ4v) is 3.22. The van der Waals surface area contributed by atoms with Crippen molar-refractivity contribution in [1.29, 1.82) is 0 Å². The average Bonchev–Trinajstić information content (AvgIpc) is 3.24. The molecule has 4 heteroatoms. The summed E-state index contributed by atoms with van der Waals surface area (Å²) in [6, 6.07) is 2.41. The Balaban J connectivity index is 2.11. The van der Waals surface area contributed by atoms with Crippen LogP contribution in [0.1, 0.15) is 59.1 Å². The van der Waals surface area contributed by atoms with Crippen LogP contribution in [0.5, 0.6) is 0 Å². The maximum absolute atomic E-state index is 12.7. The molecule has 2 rings (SSSR count). The first-order chi connectivity index (χ1) is 10.2. The number of carbonyl (C=O) groups is 1. The molecular weight excluding hydrogens is 282 g/mol. The minimum absolute atomic E-state index is 0.0791. The maximum Gasteiger partial charge on any atom is 0.264 e. The number of nitrogens with zero attached hydrogens (tertiary/aromatic N) is 1. The molecule has 0 bridgehead atoms. The number of aliphatic hydroxyl groups excluding tert-OH is 1. The fourth-order valence-electron chi connectivity index (χ4n) is 2.22. The van der Waals surface area contributed by atoms with Gasteiger partial charge in [-0.15, -0.1) is 11.3 Å². The molecule has 1 aliphatic rings. The monoisotopic (exact) mass is 305 g/mol. The summed E-state index contributed by atoms with van der Waals surface area (Å²) < 4.78 is 0. The van der Waals surface area contributed by atoms with Gasteiger partial charge in [0.1, 0.15) is 0 Å². The van der Waals surface area contributed by atoms with Crippen molar-refractivity contribution < 1.29 is 9.90 Å². The molecule has 0 saturated heterocycles. The Labute approximate surface area is 131 Å². The first kappa shape index (κ1) is 16.1. The van der Waals surface area contributed by atoms with Crippen molar-refractivity contribution in [1.82, 2.24) is 4.90 Å². The molecule has 0 aliphatic heterocycles. The Kier molecular flexibility index (Phi) is 5.84. The van der Waals surface area contributed by atoms with Crippen molar-refractivity contribution in [2.45, 2.75) is 52.0 Å². The van der Waals surface area contributed by atoms with Gasteiger partial charge in [-0.25, -0.2) is 0 Å². The molecule has 21 heavy (non-hydrogen) atoms.